The number of methoxy groups -OCH3 is 1. The zero-order chi connectivity index (χ0) is 12.2. The second-order valence-corrected chi connectivity index (χ2v) is 3.53. The van der Waals surface area contributed by atoms with Gasteiger partial charge in [0, 0.05) is 12.0 Å². The van der Waals surface area contributed by atoms with Gasteiger partial charge in [-0.25, -0.2) is 13.6 Å². The number of ether oxygens (including phenoxy) is 1. The first kappa shape index (κ1) is 12.6. The summed E-state index contributed by atoms with van der Waals surface area (Å²) in [7, 11) is 1.22. The maximum absolute atomic E-state index is 13.6. The Kier molecular flexibility index (Phi) is 3.99. The van der Waals surface area contributed by atoms with Crippen LogP contribution >= 0.6 is 0 Å². The monoisotopic (exact) mass is 228 g/mol. The Morgan fingerprint density at radius 3 is 2.69 bits per heavy atom. The molecule has 0 saturated carbocycles. The molecule has 1 aromatic carbocycles. The van der Waals surface area contributed by atoms with Gasteiger partial charge in [0.1, 0.15) is 0 Å². The minimum absolute atomic E-state index is 0.141. The van der Waals surface area contributed by atoms with Gasteiger partial charge in [0.2, 0.25) is 0 Å². The topological polar surface area (TPSA) is 26.3 Å². The lowest BCUT2D eigenvalue weighted by molar-refractivity contribution is -0.0140. The average Bonchev–Trinajstić information content (AvgIpc) is 2.28. The maximum atomic E-state index is 13.6. The van der Waals surface area contributed by atoms with Crippen LogP contribution in [0.15, 0.2) is 24.3 Å². The third-order valence-electron chi connectivity index (χ3n) is 2.27. The number of hydrogen-bond acceptors (Lipinski definition) is 2. The fraction of sp³-hybridized carbons (Fsp3) is 0.417. The molecule has 0 N–H and O–H groups in total. The number of alkyl halides is 2. The van der Waals surface area contributed by atoms with Gasteiger partial charge in [-0.05, 0) is 12.1 Å². The Morgan fingerprint density at radius 2 is 2.12 bits per heavy atom. The molecule has 1 aromatic rings. The minimum atomic E-state index is -2.89. The van der Waals surface area contributed by atoms with Gasteiger partial charge in [-0.2, -0.15) is 0 Å². The van der Waals surface area contributed by atoms with Crippen molar-refractivity contribution >= 4 is 5.97 Å². The normalized spacial score (nSPS) is 11.2. The molecule has 0 bridgehead atoms. The molecule has 0 unspecified atom stereocenters. The van der Waals surface area contributed by atoms with Gasteiger partial charge >= 0.3 is 5.97 Å². The first-order chi connectivity index (χ1) is 7.51. The Hall–Kier alpha value is -1.45. The quantitative estimate of drug-likeness (QED) is 0.738. The third-order valence-corrected chi connectivity index (χ3v) is 2.27. The van der Waals surface area contributed by atoms with E-state index in [0.717, 1.165) is 0 Å². The molecule has 0 aliphatic carbocycles. The highest BCUT2D eigenvalue weighted by Crippen LogP contribution is 2.33. The summed E-state index contributed by atoms with van der Waals surface area (Å²) in [5.41, 5.74) is 0.00743. The number of halogens is 2. The molecule has 0 radical (unpaired) electrons. The lowest BCUT2D eigenvalue weighted by Crippen LogP contribution is -2.14. The van der Waals surface area contributed by atoms with Crippen molar-refractivity contribution in [3.8, 4) is 0 Å². The van der Waals surface area contributed by atoms with E-state index in [1.165, 1.54) is 31.4 Å². The van der Waals surface area contributed by atoms with Crippen molar-refractivity contribution in [1.29, 1.82) is 0 Å². The van der Waals surface area contributed by atoms with E-state index in [9.17, 15) is 13.6 Å². The van der Waals surface area contributed by atoms with Crippen molar-refractivity contribution in [2.75, 3.05) is 7.11 Å². The standard InChI is InChI=1S/C12H14F2O2/c1-3-7-12(13,14)10-6-4-5-9(8-10)11(15)16-2/h4-6,8H,3,7H2,1-2H3. The van der Waals surface area contributed by atoms with Crippen LogP contribution in [-0.4, -0.2) is 13.1 Å². The van der Waals surface area contributed by atoms with E-state index in [1.54, 1.807) is 6.92 Å². The highest BCUT2D eigenvalue weighted by molar-refractivity contribution is 5.89. The summed E-state index contributed by atoms with van der Waals surface area (Å²) in [6, 6.07) is 5.39. The molecule has 0 heterocycles. The van der Waals surface area contributed by atoms with Crippen LogP contribution in [0, 0.1) is 0 Å². The summed E-state index contributed by atoms with van der Waals surface area (Å²) in [4.78, 5) is 11.2. The number of carbonyl (C=O) groups excluding carboxylic acids is 1. The molecule has 0 fully saturated rings. The maximum Gasteiger partial charge on any atom is 0.337 e. The molecule has 0 aromatic heterocycles. The Bertz CT molecular complexity index is 375. The van der Waals surface area contributed by atoms with E-state index >= 15 is 0 Å². The molecule has 16 heavy (non-hydrogen) atoms. The van der Waals surface area contributed by atoms with Gasteiger partial charge in [0.25, 0.3) is 5.92 Å². The van der Waals surface area contributed by atoms with Crippen LogP contribution in [0.4, 0.5) is 8.78 Å². The summed E-state index contributed by atoms with van der Waals surface area (Å²) in [6.45, 7) is 1.69. The van der Waals surface area contributed by atoms with E-state index in [4.69, 9.17) is 0 Å². The molecule has 88 valence electrons. The predicted molar refractivity (Wildman–Crippen MR) is 56.6 cm³/mol. The Morgan fingerprint density at radius 1 is 1.44 bits per heavy atom. The number of carbonyl (C=O) groups is 1. The fourth-order valence-electron chi connectivity index (χ4n) is 1.45. The van der Waals surface area contributed by atoms with Crippen LogP contribution in [0.2, 0.25) is 0 Å². The van der Waals surface area contributed by atoms with Crippen molar-refractivity contribution in [2.45, 2.75) is 25.7 Å². The second-order valence-electron chi connectivity index (χ2n) is 3.53. The van der Waals surface area contributed by atoms with Gasteiger partial charge in [-0.3, -0.25) is 0 Å². The first-order valence-corrected chi connectivity index (χ1v) is 5.08. The molecule has 0 amide bonds. The van der Waals surface area contributed by atoms with Crippen molar-refractivity contribution in [2.24, 2.45) is 0 Å². The van der Waals surface area contributed by atoms with Gasteiger partial charge in [0.15, 0.2) is 0 Å². The smallest absolute Gasteiger partial charge is 0.337 e. The van der Waals surface area contributed by atoms with Crippen molar-refractivity contribution in [3.63, 3.8) is 0 Å². The number of esters is 1. The summed E-state index contributed by atoms with van der Waals surface area (Å²) >= 11 is 0. The van der Waals surface area contributed by atoms with Crippen LogP contribution in [0.3, 0.4) is 0 Å². The summed E-state index contributed by atoms with van der Waals surface area (Å²) in [5.74, 6) is -3.49. The van der Waals surface area contributed by atoms with E-state index in [2.05, 4.69) is 4.74 Å². The lowest BCUT2D eigenvalue weighted by Gasteiger charge is -2.16. The van der Waals surface area contributed by atoms with Gasteiger partial charge in [-0.1, -0.05) is 25.5 Å². The Labute approximate surface area is 93.2 Å². The van der Waals surface area contributed by atoms with Crippen LogP contribution in [0.5, 0.6) is 0 Å². The average molecular weight is 228 g/mol. The molecular formula is C12H14F2O2. The molecule has 0 spiro atoms. The number of hydrogen-bond donors (Lipinski definition) is 0. The van der Waals surface area contributed by atoms with E-state index in [1.807, 2.05) is 0 Å². The van der Waals surface area contributed by atoms with Crippen LogP contribution in [0.1, 0.15) is 35.7 Å². The molecular weight excluding hydrogens is 214 g/mol. The van der Waals surface area contributed by atoms with E-state index in [0.29, 0.717) is 6.42 Å². The third kappa shape index (κ3) is 2.78. The predicted octanol–water partition coefficient (Wildman–Crippen LogP) is 3.37. The highest BCUT2D eigenvalue weighted by Gasteiger charge is 2.30. The first-order valence-electron chi connectivity index (χ1n) is 5.08. The van der Waals surface area contributed by atoms with Crippen molar-refractivity contribution < 1.29 is 18.3 Å². The SMILES string of the molecule is CCCC(F)(F)c1cccc(C(=O)OC)c1. The van der Waals surface area contributed by atoms with Crippen LogP contribution in [0.25, 0.3) is 0 Å². The molecule has 4 heteroatoms. The largest absolute Gasteiger partial charge is 0.465 e. The molecule has 0 aliphatic heterocycles. The van der Waals surface area contributed by atoms with Crippen LogP contribution in [-0.2, 0) is 10.7 Å². The molecule has 0 aliphatic rings. The van der Waals surface area contributed by atoms with E-state index in [-0.39, 0.29) is 17.5 Å². The fourth-order valence-corrected chi connectivity index (χ4v) is 1.45. The summed E-state index contributed by atoms with van der Waals surface area (Å²) in [6.07, 6.45) is 0.160. The minimum Gasteiger partial charge on any atom is -0.465 e. The van der Waals surface area contributed by atoms with Gasteiger partial charge in [0.05, 0.1) is 12.7 Å². The lowest BCUT2D eigenvalue weighted by atomic mass is 10.0. The molecule has 0 saturated heterocycles. The summed E-state index contributed by atoms with van der Waals surface area (Å²) < 4.78 is 31.6. The molecule has 1 rings (SSSR count). The van der Waals surface area contributed by atoms with Crippen molar-refractivity contribution in [1.82, 2.24) is 0 Å². The molecule has 2 nitrogen and oxygen atoms in total. The number of benzene rings is 1. The zero-order valence-electron chi connectivity index (χ0n) is 9.30. The highest BCUT2D eigenvalue weighted by atomic mass is 19.3. The van der Waals surface area contributed by atoms with Crippen LogP contribution < -0.4 is 0 Å². The van der Waals surface area contributed by atoms with Crippen molar-refractivity contribution in [3.05, 3.63) is 35.4 Å². The zero-order valence-corrected chi connectivity index (χ0v) is 9.30. The van der Waals surface area contributed by atoms with Gasteiger partial charge in [-0.15, -0.1) is 0 Å². The number of rotatable bonds is 4. The second kappa shape index (κ2) is 5.05. The summed E-state index contributed by atoms with van der Waals surface area (Å²) in [5, 5.41) is 0. The molecule has 0 atom stereocenters. The van der Waals surface area contributed by atoms with E-state index < -0.39 is 11.9 Å². The Balaban J connectivity index is 3.02. The van der Waals surface area contributed by atoms with Gasteiger partial charge < -0.3 is 4.74 Å².